The van der Waals surface area contributed by atoms with Crippen molar-refractivity contribution < 1.29 is 5.11 Å². The molecule has 106 valence electrons. The summed E-state index contributed by atoms with van der Waals surface area (Å²) in [7, 11) is 0. The predicted molar refractivity (Wildman–Crippen MR) is 77.6 cm³/mol. The first-order valence-corrected chi connectivity index (χ1v) is 7.21. The highest BCUT2D eigenvalue weighted by atomic mass is 16.3. The van der Waals surface area contributed by atoms with Crippen LogP contribution in [0.3, 0.4) is 0 Å². The van der Waals surface area contributed by atoms with Crippen LogP contribution < -0.4 is 10.2 Å². The van der Waals surface area contributed by atoms with E-state index in [1.807, 2.05) is 13.1 Å². The molecule has 5 heteroatoms. The third kappa shape index (κ3) is 3.35. The molecule has 1 fully saturated rings. The van der Waals surface area contributed by atoms with Crippen LogP contribution in [0.25, 0.3) is 0 Å². The topological polar surface area (TPSA) is 61.3 Å². The summed E-state index contributed by atoms with van der Waals surface area (Å²) >= 11 is 0. The molecule has 0 atom stereocenters. The normalized spacial score (nSPS) is 15.1. The van der Waals surface area contributed by atoms with Gasteiger partial charge in [-0.1, -0.05) is 0 Å². The maximum Gasteiger partial charge on any atom is 0.224 e. The third-order valence-electron chi connectivity index (χ3n) is 3.62. The molecule has 1 aliphatic carbocycles. The molecule has 1 heterocycles. The van der Waals surface area contributed by atoms with Gasteiger partial charge in [0.2, 0.25) is 5.95 Å². The number of aryl methyl sites for hydroxylation is 1. The minimum absolute atomic E-state index is 0.230. The van der Waals surface area contributed by atoms with Gasteiger partial charge in [0.15, 0.2) is 0 Å². The fourth-order valence-corrected chi connectivity index (χ4v) is 2.37. The quantitative estimate of drug-likeness (QED) is 0.788. The van der Waals surface area contributed by atoms with Crippen molar-refractivity contribution in [2.45, 2.75) is 45.6 Å². The van der Waals surface area contributed by atoms with Crippen LogP contribution >= 0.6 is 0 Å². The average Bonchev–Trinajstić information content (AvgIpc) is 2.35. The molecule has 0 aromatic carbocycles. The van der Waals surface area contributed by atoms with Gasteiger partial charge in [-0.3, -0.25) is 0 Å². The van der Waals surface area contributed by atoms with Crippen molar-refractivity contribution in [1.82, 2.24) is 9.97 Å². The first-order valence-electron chi connectivity index (χ1n) is 7.21. The van der Waals surface area contributed by atoms with E-state index in [4.69, 9.17) is 5.11 Å². The summed E-state index contributed by atoms with van der Waals surface area (Å²) in [5, 5.41) is 12.2. The summed E-state index contributed by atoms with van der Waals surface area (Å²) in [4.78, 5) is 11.3. The number of anilines is 2. The maximum atomic E-state index is 9.07. The fourth-order valence-electron chi connectivity index (χ4n) is 2.37. The van der Waals surface area contributed by atoms with Gasteiger partial charge in [0.05, 0.1) is 0 Å². The van der Waals surface area contributed by atoms with Crippen LogP contribution in [0.1, 0.15) is 38.2 Å². The summed E-state index contributed by atoms with van der Waals surface area (Å²) in [5.41, 5.74) is 1.10. The Morgan fingerprint density at radius 3 is 2.84 bits per heavy atom. The van der Waals surface area contributed by atoms with E-state index in [-0.39, 0.29) is 6.61 Å². The summed E-state index contributed by atoms with van der Waals surface area (Å²) in [6.45, 7) is 6.01. The number of aliphatic hydroxyl groups excluding tert-OH is 1. The number of rotatable bonds is 7. The monoisotopic (exact) mass is 264 g/mol. The van der Waals surface area contributed by atoms with Gasteiger partial charge in [-0.2, -0.15) is 4.98 Å². The number of nitrogens with one attached hydrogen (secondary N) is 1. The van der Waals surface area contributed by atoms with Gasteiger partial charge in [-0.05, 0) is 39.5 Å². The SMILES string of the molecule is CCNc1ncc(C)c(N(CCCO)C2CCC2)n1. The Morgan fingerprint density at radius 1 is 1.47 bits per heavy atom. The Hall–Kier alpha value is -1.36. The lowest BCUT2D eigenvalue weighted by molar-refractivity contribution is 0.282. The molecular weight excluding hydrogens is 240 g/mol. The largest absolute Gasteiger partial charge is 0.396 e. The standard InChI is InChI=1S/C14H24N4O/c1-3-15-14-16-10-11(2)13(17-14)18(8-5-9-19)12-6-4-7-12/h10,12,19H,3-9H2,1-2H3,(H,15,16,17). The van der Waals surface area contributed by atoms with Gasteiger partial charge in [-0.15, -0.1) is 0 Å². The average molecular weight is 264 g/mol. The maximum absolute atomic E-state index is 9.07. The number of hydrogen-bond acceptors (Lipinski definition) is 5. The lowest BCUT2D eigenvalue weighted by atomic mass is 9.91. The van der Waals surface area contributed by atoms with Crippen molar-refractivity contribution in [3.8, 4) is 0 Å². The molecule has 5 nitrogen and oxygen atoms in total. The van der Waals surface area contributed by atoms with Crippen molar-refractivity contribution in [3.05, 3.63) is 11.8 Å². The van der Waals surface area contributed by atoms with E-state index in [0.717, 1.165) is 30.9 Å². The van der Waals surface area contributed by atoms with E-state index in [1.165, 1.54) is 19.3 Å². The highest BCUT2D eigenvalue weighted by Gasteiger charge is 2.26. The summed E-state index contributed by atoms with van der Waals surface area (Å²) in [6, 6.07) is 0.578. The van der Waals surface area contributed by atoms with E-state index in [2.05, 4.69) is 27.1 Å². The van der Waals surface area contributed by atoms with E-state index in [1.54, 1.807) is 0 Å². The highest BCUT2D eigenvalue weighted by molar-refractivity contribution is 5.50. The summed E-state index contributed by atoms with van der Waals surface area (Å²) < 4.78 is 0. The molecule has 2 rings (SSSR count). The van der Waals surface area contributed by atoms with Crippen molar-refractivity contribution in [2.24, 2.45) is 0 Å². The lowest BCUT2D eigenvalue weighted by Crippen LogP contribution is -2.42. The van der Waals surface area contributed by atoms with Gasteiger partial charge in [0, 0.05) is 37.5 Å². The zero-order chi connectivity index (χ0) is 13.7. The predicted octanol–water partition coefficient (Wildman–Crippen LogP) is 1.96. The Bertz CT molecular complexity index is 406. The molecule has 0 unspecified atom stereocenters. The van der Waals surface area contributed by atoms with Gasteiger partial charge >= 0.3 is 0 Å². The van der Waals surface area contributed by atoms with Crippen LogP contribution in [0, 0.1) is 6.92 Å². The number of aromatic nitrogens is 2. The zero-order valence-corrected chi connectivity index (χ0v) is 11.9. The molecule has 0 bridgehead atoms. The van der Waals surface area contributed by atoms with Crippen LogP contribution in [0.4, 0.5) is 11.8 Å². The second-order valence-electron chi connectivity index (χ2n) is 5.09. The second kappa shape index (κ2) is 6.70. The van der Waals surface area contributed by atoms with Crippen molar-refractivity contribution >= 4 is 11.8 Å². The molecule has 19 heavy (non-hydrogen) atoms. The molecule has 1 aliphatic rings. The second-order valence-corrected chi connectivity index (χ2v) is 5.09. The van der Waals surface area contributed by atoms with Crippen LogP contribution in [0.5, 0.6) is 0 Å². The third-order valence-corrected chi connectivity index (χ3v) is 3.62. The van der Waals surface area contributed by atoms with Gasteiger partial charge in [0.25, 0.3) is 0 Å². The van der Waals surface area contributed by atoms with Crippen molar-refractivity contribution in [1.29, 1.82) is 0 Å². The van der Waals surface area contributed by atoms with Crippen molar-refractivity contribution in [3.63, 3.8) is 0 Å². The smallest absolute Gasteiger partial charge is 0.224 e. The summed E-state index contributed by atoms with van der Waals surface area (Å²) in [5.74, 6) is 1.71. The van der Waals surface area contributed by atoms with Gasteiger partial charge in [0.1, 0.15) is 5.82 Å². The molecule has 0 saturated heterocycles. The fraction of sp³-hybridized carbons (Fsp3) is 0.714. The molecule has 1 aromatic rings. The molecule has 0 amide bonds. The van der Waals surface area contributed by atoms with E-state index < -0.39 is 0 Å². The molecule has 1 saturated carbocycles. The Balaban J connectivity index is 2.20. The van der Waals surface area contributed by atoms with Gasteiger partial charge in [-0.25, -0.2) is 4.98 Å². The zero-order valence-electron chi connectivity index (χ0n) is 11.9. The first-order chi connectivity index (χ1) is 9.26. The Kier molecular flexibility index (Phi) is 4.96. The number of aliphatic hydroxyl groups is 1. The molecule has 2 N–H and O–H groups in total. The van der Waals surface area contributed by atoms with Gasteiger partial charge < -0.3 is 15.3 Å². The lowest BCUT2D eigenvalue weighted by Gasteiger charge is -2.39. The Labute approximate surface area is 115 Å². The van der Waals surface area contributed by atoms with Crippen LogP contribution in [0.2, 0.25) is 0 Å². The molecule has 0 spiro atoms. The van der Waals surface area contributed by atoms with E-state index in [0.29, 0.717) is 12.0 Å². The minimum atomic E-state index is 0.230. The first kappa shape index (κ1) is 14.1. The van der Waals surface area contributed by atoms with Crippen LogP contribution in [-0.4, -0.2) is 40.8 Å². The highest BCUT2D eigenvalue weighted by Crippen LogP contribution is 2.30. The minimum Gasteiger partial charge on any atom is -0.396 e. The van der Waals surface area contributed by atoms with Crippen molar-refractivity contribution in [2.75, 3.05) is 29.9 Å². The van der Waals surface area contributed by atoms with Crippen LogP contribution in [0.15, 0.2) is 6.20 Å². The molecule has 1 aromatic heterocycles. The summed E-state index contributed by atoms with van der Waals surface area (Å²) in [6.07, 6.45) is 6.42. The Morgan fingerprint density at radius 2 is 2.26 bits per heavy atom. The number of hydrogen-bond donors (Lipinski definition) is 2. The molecule has 0 radical (unpaired) electrons. The van der Waals surface area contributed by atoms with E-state index in [9.17, 15) is 0 Å². The molecular formula is C14H24N4O. The molecule has 0 aliphatic heterocycles. The number of nitrogens with zero attached hydrogens (tertiary/aromatic N) is 3. The van der Waals surface area contributed by atoms with E-state index >= 15 is 0 Å². The van der Waals surface area contributed by atoms with Crippen LogP contribution in [-0.2, 0) is 0 Å².